The predicted octanol–water partition coefficient (Wildman–Crippen LogP) is -3.38. The quantitative estimate of drug-likeness (QED) is 0.0317. The first-order valence-electron chi connectivity index (χ1n) is 15.4. The highest BCUT2D eigenvalue weighted by atomic mass is 16.8. The van der Waals surface area contributed by atoms with Gasteiger partial charge in [-0.25, -0.2) is 9.59 Å². The average molecular weight is 738 g/mol. The molecule has 282 valence electrons. The standard InChI is InChI=1S/C31H35N3O18/c32-30(33)34-5-1-4-31(26(44)22(42)21(41)24(51-31)27(45)46)52-28(47)25-20(40)19(39)23(43)29(50-25)48-11-7-14(37)18-15(38)9-16(49-17(18)8-11)10-2-3-12(35)13(36)6-10/h2-3,6-9,19-26,29,35-37,39-44H,1,4-5H2,(H,45,46)(H4,32,33,34). The summed E-state index contributed by atoms with van der Waals surface area (Å²) < 4.78 is 27.4. The van der Waals surface area contributed by atoms with Crippen LogP contribution in [0.2, 0.25) is 0 Å². The lowest BCUT2D eigenvalue weighted by molar-refractivity contribution is -0.353. The van der Waals surface area contributed by atoms with E-state index in [1.54, 1.807) is 0 Å². The summed E-state index contributed by atoms with van der Waals surface area (Å²) in [5.74, 6) is -8.64. The molecule has 3 heterocycles. The van der Waals surface area contributed by atoms with E-state index in [4.69, 9.17) is 34.8 Å². The van der Waals surface area contributed by atoms with Crippen LogP contribution < -0.4 is 21.6 Å². The molecule has 21 nitrogen and oxygen atoms in total. The van der Waals surface area contributed by atoms with Crippen molar-refractivity contribution in [2.24, 2.45) is 16.5 Å². The van der Waals surface area contributed by atoms with Gasteiger partial charge in [-0.15, -0.1) is 0 Å². The zero-order valence-corrected chi connectivity index (χ0v) is 26.6. The molecule has 5 rings (SSSR count). The minimum absolute atomic E-state index is 0.109. The number of nitrogens with two attached hydrogens (primary N) is 2. The van der Waals surface area contributed by atoms with E-state index in [2.05, 4.69) is 4.99 Å². The Morgan fingerprint density at radius 2 is 1.54 bits per heavy atom. The maximum Gasteiger partial charge on any atom is 0.340 e. The summed E-state index contributed by atoms with van der Waals surface area (Å²) in [6.45, 7) is -0.172. The highest BCUT2D eigenvalue weighted by molar-refractivity contribution is 5.86. The van der Waals surface area contributed by atoms with Crippen molar-refractivity contribution in [3.05, 3.63) is 46.6 Å². The number of guanidine groups is 1. The summed E-state index contributed by atoms with van der Waals surface area (Å²) in [7, 11) is 0. The first-order chi connectivity index (χ1) is 24.4. The van der Waals surface area contributed by atoms with E-state index in [1.807, 2.05) is 0 Å². The number of carbonyl (C=O) groups is 2. The third-order valence-corrected chi connectivity index (χ3v) is 8.35. The summed E-state index contributed by atoms with van der Waals surface area (Å²) in [6.07, 6.45) is -20.6. The number of aliphatic hydroxyl groups excluding tert-OH is 6. The van der Waals surface area contributed by atoms with E-state index in [0.29, 0.717) is 0 Å². The van der Waals surface area contributed by atoms with Gasteiger partial charge >= 0.3 is 11.9 Å². The van der Waals surface area contributed by atoms with Crippen molar-refractivity contribution in [3.8, 4) is 34.3 Å². The van der Waals surface area contributed by atoms with E-state index in [1.165, 1.54) is 6.07 Å². The monoisotopic (exact) mass is 737 g/mol. The number of nitrogens with zero attached hydrogens (tertiary/aromatic N) is 1. The van der Waals surface area contributed by atoms with Gasteiger partial charge in [-0.3, -0.25) is 9.79 Å². The highest BCUT2D eigenvalue weighted by Gasteiger charge is 2.59. The van der Waals surface area contributed by atoms with Gasteiger partial charge in [0.2, 0.25) is 12.1 Å². The Bertz CT molecular complexity index is 1920. The van der Waals surface area contributed by atoms with Gasteiger partial charge < -0.3 is 85.9 Å². The molecule has 0 bridgehead atoms. The number of esters is 1. The molecule has 52 heavy (non-hydrogen) atoms. The van der Waals surface area contributed by atoms with Crippen molar-refractivity contribution >= 4 is 28.9 Å². The number of hydrogen-bond donors (Lipinski definition) is 12. The second-order valence-electron chi connectivity index (χ2n) is 12.0. The fourth-order valence-electron chi connectivity index (χ4n) is 5.69. The first-order valence-corrected chi connectivity index (χ1v) is 15.4. The summed E-state index contributed by atoms with van der Waals surface area (Å²) in [6, 6.07) is 6.55. The number of carbonyl (C=O) groups excluding carboxylic acids is 1. The fourth-order valence-corrected chi connectivity index (χ4v) is 5.69. The number of benzene rings is 2. The number of carboxylic acids is 1. The van der Waals surface area contributed by atoms with E-state index in [0.717, 1.165) is 30.3 Å². The Kier molecular flexibility index (Phi) is 10.8. The predicted molar refractivity (Wildman–Crippen MR) is 169 cm³/mol. The van der Waals surface area contributed by atoms with Crippen LogP contribution in [0.25, 0.3) is 22.3 Å². The third kappa shape index (κ3) is 7.37. The molecular formula is C31H35N3O18. The minimum Gasteiger partial charge on any atom is -0.507 e. The number of aliphatic imine (C=N–C) groups is 1. The summed E-state index contributed by atoms with van der Waals surface area (Å²) in [4.78, 5) is 41.9. The number of hydrogen-bond acceptors (Lipinski definition) is 18. The Labute approximate surface area is 290 Å². The van der Waals surface area contributed by atoms with Gasteiger partial charge in [0.1, 0.15) is 64.9 Å². The van der Waals surface area contributed by atoms with Crippen molar-refractivity contribution < 1.29 is 84.0 Å². The number of rotatable bonds is 10. The lowest BCUT2D eigenvalue weighted by Gasteiger charge is -2.47. The van der Waals surface area contributed by atoms with E-state index in [9.17, 15) is 65.4 Å². The number of aliphatic carboxylic acids is 1. The van der Waals surface area contributed by atoms with E-state index < -0.39 is 102 Å². The number of carboxylic acid groups (broad SMARTS) is 1. The number of aliphatic hydroxyl groups is 6. The highest BCUT2D eigenvalue weighted by Crippen LogP contribution is 2.38. The van der Waals surface area contributed by atoms with Crippen molar-refractivity contribution in [2.45, 2.75) is 73.8 Å². The van der Waals surface area contributed by atoms with Crippen LogP contribution in [0.4, 0.5) is 0 Å². The van der Waals surface area contributed by atoms with Gasteiger partial charge in [-0.05, 0) is 24.6 Å². The van der Waals surface area contributed by atoms with Crippen molar-refractivity contribution in [2.75, 3.05) is 6.54 Å². The van der Waals surface area contributed by atoms with Crippen LogP contribution in [0.3, 0.4) is 0 Å². The lowest BCUT2D eigenvalue weighted by atomic mass is 9.89. The molecule has 0 spiro atoms. The molecule has 2 saturated heterocycles. The molecular weight excluding hydrogens is 702 g/mol. The fraction of sp³-hybridized carbons (Fsp3) is 0.419. The molecule has 2 aromatic carbocycles. The molecule has 0 aliphatic carbocycles. The number of phenols is 3. The maximum atomic E-state index is 13.5. The van der Waals surface area contributed by atoms with Gasteiger partial charge in [-0.2, -0.15) is 0 Å². The van der Waals surface area contributed by atoms with Crippen molar-refractivity contribution in [1.82, 2.24) is 0 Å². The first kappa shape index (κ1) is 38.0. The van der Waals surface area contributed by atoms with Crippen molar-refractivity contribution in [3.63, 3.8) is 0 Å². The number of aromatic hydroxyl groups is 3. The van der Waals surface area contributed by atoms with E-state index >= 15 is 0 Å². The average Bonchev–Trinajstić information content (AvgIpc) is 3.08. The van der Waals surface area contributed by atoms with Crippen LogP contribution >= 0.6 is 0 Å². The van der Waals surface area contributed by atoms with Gasteiger partial charge in [0.05, 0.1) is 0 Å². The van der Waals surface area contributed by atoms with Crippen LogP contribution in [0.1, 0.15) is 12.8 Å². The van der Waals surface area contributed by atoms with Crippen LogP contribution in [-0.4, -0.2) is 136 Å². The third-order valence-electron chi connectivity index (χ3n) is 8.35. The summed E-state index contributed by atoms with van der Waals surface area (Å²) in [5, 5.41) is 103. The van der Waals surface area contributed by atoms with Gasteiger partial charge in [0.15, 0.2) is 35.1 Å². The molecule has 2 aliphatic rings. The molecule has 1 aromatic heterocycles. The molecule has 2 fully saturated rings. The Morgan fingerprint density at radius 3 is 2.19 bits per heavy atom. The molecule has 3 aromatic rings. The molecule has 14 N–H and O–H groups in total. The Balaban J connectivity index is 1.43. The largest absolute Gasteiger partial charge is 0.507 e. The number of fused-ring (bicyclic) bond motifs is 1. The zero-order valence-electron chi connectivity index (χ0n) is 26.6. The van der Waals surface area contributed by atoms with Crippen LogP contribution in [0.15, 0.2) is 50.6 Å². The SMILES string of the molecule is NC(N)=NCCCC1(OC(=O)C2OC(Oc3cc(O)c4c(=O)cc(-c5ccc(O)c(O)c5)oc4c3)C(O)C(O)C2O)OC(C(=O)O)C(O)C(O)C1O. The van der Waals surface area contributed by atoms with Gasteiger partial charge in [0.25, 0.3) is 0 Å². The summed E-state index contributed by atoms with van der Waals surface area (Å²) in [5.41, 5.74) is 9.75. The molecule has 10 unspecified atom stereocenters. The minimum atomic E-state index is -2.73. The topological polar surface area (TPSA) is 368 Å². The molecule has 21 heteroatoms. The van der Waals surface area contributed by atoms with Gasteiger partial charge in [0, 0.05) is 36.7 Å². The molecule has 10 atom stereocenters. The van der Waals surface area contributed by atoms with Crippen molar-refractivity contribution in [1.29, 1.82) is 0 Å². The zero-order chi connectivity index (χ0) is 38.2. The molecule has 0 saturated carbocycles. The van der Waals surface area contributed by atoms with Gasteiger partial charge in [-0.1, -0.05) is 0 Å². The molecule has 0 radical (unpaired) electrons. The van der Waals surface area contributed by atoms with Crippen LogP contribution in [0.5, 0.6) is 23.0 Å². The Morgan fingerprint density at radius 1 is 0.846 bits per heavy atom. The molecule has 2 aliphatic heterocycles. The normalized spacial score (nSPS) is 30.4. The lowest BCUT2D eigenvalue weighted by Crippen LogP contribution is -2.68. The van der Waals surface area contributed by atoms with E-state index in [-0.39, 0.29) is 47.0 Å². The Hall–Kier alpha value is -5.26. The molecule has 0 amide bonds. The second kappa shape index (κ2) is 14.8. The van der Waals surface area contributed by atoms with Crippen LogP contribution in [-0.2, 0) is 23.8 Å². The number of phenolic OH excluding ortho intramolecular Hbond substituents is 3. The maximum absolute atomic E-state index is 13.5. The number of ether oxygens (including phenoxy) is 4. The van der Waals surface area contributed by atoms with Crippen LogP contribution in [0, 0.1) is 0 Å². The smallest absolute Gasteiger partial charge is 0.340 e. The summed E-state index contributed by atoms with van der Waals surface area (Å²) >= 11 is 0. The second-order valence-corrected chi connectivity index (χ2v) is 12.0.